The maximum Gasteiger partial charge on any atom is 0.243 e. The predicted molar refractivity (Wildman–Crippen MR) is 121 cm³/mol. The van der Waals surface area contributed by atoms with Crippen LogP contribution in [0.5, 0.6) is 11.5 Å². The first-order chi connectivity index (χ1) is 15.3. The average molecular weight is 466 g/mol. The zero-order chi connectivity index (χ0) is 22.7. The predicted octanol–water partition coefficient (Wildman–Crippen LogP) is 2.24. The first-order valence-corrected chi connectivity index (χ1v) is 13.2. The van der Waals surface area contributed by atoms with Crippen LogP contribution in [-0.2, 0) is 14.8 Å². The molecule has 1 aromatic carbocycles. The molecule has 0 unspecified atom stereocenters. The lowest BCUT2D eigenvalue weighted by Crippen LogP contribution is -2.49. The fourth-order valence-electron chi connectivity index (χ4n) is 4.69. The maximum absolute atomic E-state index is 13.2. The van der Waals surface area contributed by atoms with Gasteiger partial charge in [-0.15, -0.1) is 0 Å². The number of piperidine rings is 2. The molecule has 2 saturated heterocycles. The Balaban J connectivity index is 1.31. The van der Waals surface area contributed by atoms with Crippen molar-refractivity contribution in [3.63, 3.8) is 0 Å². The van der Waals surface area contributed by atoms with Gasteiger partial charge in [-0.2, -0.15) is 4.31 Å². The average Bonchev–Trinajstić information content (AvgIpc) is 3.04. The van der Waals surface area contributed by atoms with Crippen molar-refractivity contribution in [3.8, 4) is 11.5 Å². The Hall–Kier alpha value is -1.84. The number of amides is 1. The summed E-state index contributed by atoms with van der Waals surface area (Å²) in [5, 5.41) is 3.21. The number of fused-ring (bicyclic) bond motifs is 1. The van der Waals surface area contributed by atoms with Crippen molar-refractivity contribution in [2.45, 2.75) is 62.9 Å². The number of hydrogen-bond acceptors (Lipinski definition) is 6. The monoisotopic (exact) mass is 465 g/mol. The Kier molecular flexibility index (Phi) is 7.27. The second kappa shape index (κ2) is 9.97. The van der Waals surface area contributed by atoms with E-state index in [4.69, 9.17) is 9.47 Å². The molecule has 4 rings (SSSR count). The molecule has 0 radical (unpaired) electrons. The van der Waals surface area contributed by atoms with Crippen LogP contribution < -0.4 is 14.8 Å². The number of sulfonamides is 1. The van der Waals surface area contributed by atoms with Crippen molar-refractivity contribution in [1.29, 1.82) is 0 Å². The molecule has 178 valence electrons. The third-order valence-corrected chi connectivity index (χ3v) is 8.68. The minimum atomic E-state index is -3.64. The van der Waals surface area contributed by atoms with Gasteiger partial charge in [-0.05, 0) is 51.7 Å². The Morgan fingerprint density at radius 3 is 2.31 bits per heavy atom. The Morgan fingerprint density at radius 2 is 1.66 bits per heavy atom. The van der Waals surface area contributed by atoms with Crippen LogP contribution >= 0.6 is 0 Å². The number of benzene rings is 1. The number of nitrogens with one attached hydrogen (secondary N) is 1. The van der Waals surface area contributed by atoms with Crippen molar-refractivity contribution < 1.29 is 22.7 Å². The van der Waals surface area contributed by atoms with Gasteiger partial charge < -0.3 is 19.7 Å². The SMILES string of the molecule is CC(C)N1CCC(NC(=O)C2CCN(S(=O)(=O)c3ccc4c(c3)OCCCO4)CC2)CC1. The Morgan fingerprint density at radius 1 is 1.00 bits per heavy atom. The number of carbonyl (C=O) groups is 1. The van der Waals surface area contributed by atoms with E-state index in [0.29, 0.717) is 56.7 Å². The molecule has 2 fully saturated rings. The topological polar surface area (TPSA) is 88.2 Å². The third-order valence-electron chi connectivity index (χ3n) is 6.79. The number of ether oxygens (including phenoxy) is 2. The van der Waals surface area contributed by atoms with Gasteiger partial charge in [0.2, 0.25) is 15.9 Å². The standard InChI is InChI=1S/C23H35N3O5S/c1-17(2)25-10-8-19(9-11-25)24-23(27)18-6-12-26(13-7-18)32(28,29)20-4-5-21-22(16-20)31-15-3-14-30-21/h4-5,16-19H,3,6-15H2,1-2H3,(H,24,27). The van der Waals surface area contributed by atoms with Gasteiger partial charge in [0.15, 0.2) is 11.5 Å². The molecule has 0 aliphatic carbocycles. The fraction of sp³-hybridized carbons (Fsp3) is 0.696. The van der Waals surface area contributed by atoms with Crippen molar-refractivity contribution in [1.82, 2.24) is 14.5 Å². The summed E-state index contributed by atoms with van der Waals surface area (Å²) < 4.78 is 39.1. The highest BCUT2D eigenvalue weighted by molar-refractivity contribution is 7.89. The van der Waals surface area contributed by atoms with E-state index in [1.54, 1.807) is 18.2 Å². The van der Waals surface area contributed by atoms with E-state index in [0.717, 1.165) is 32.4 Å². The van der Waals surface area contributed by atoms with Crippen LogP contribution in [0.1, 0.15) is 46.0 Å². The lowest BCUT2D eigenvalue weighted by Gasteiger charge is -2.36. The molecule has 3 heterocycles. The highest BCUT2D eigenvalue weighted by Crippen LogP contribution is 2.33. The van der Waals surface area contributed by atoms with Gasteiger partial charge in [0.25, 0.3) is 0 Å². The second-order valence-electron chi connectivity index (χ2n) is 9.25. The molecule has 9 heteroatoms. The van der Waals surface area contributed by atoms with E-state index in [1.165, 1.54) is 4.31 Å². The Bertz CT molecular complexity index is 904. The smallest absolute Gasteiger partial charge is 0.243 e. The Labute approximate surface area is 191 Å². The number of hydrogen-bond donors (Lipinski definition) is 1. The summed E-state index contributed by atoms with van der Waals surface area (Å²) in [6.45, 7) is 8.18. The molecule has 0 saturated carbocycles. The number of rotatable bonds is 5. The summed E-state index contributed by atoms with van der Waals surface area (Å²) in [5.41, 5.74) is 0. The third kappa shape index (κ3) is 5.21. The van der Waals surface area contributed by atoms with Crippen LogP contribution in [0.15, 0.2) is 23.1 Å². The molecule has 8 nitrogen and oxygen atoms in total. The molecular weight excluding hydrogens is 430 g/mol. The molecular formula is C23H35N3O5S. The van der Waals surface area contributed by atoms with Gasteiger partial charge in [-0.25, -0.2) is 8.42 Å². The van der Waals surface area contributed by atoms with E-state index in [2.05, 4.69) is 24.1 Å². The zero-order valence-electron chi connectivity index (χ0n) is 19.1. The molecule has 1 N–H and O–H groups in total. The molecule has 0 aromatic heterocycles. The molecule has 0 atom stereocenters. The van der Waals surface area contributed by atoms with E-state index in [9.17, 15) is 13.2 Å². The summed E-state index contributed by atoms with van der Waals surface area (Å²) >= 11 is 0. The summed E-state index contributed by atoms with van der Waals surface area (Å²) in [5.74, 6) is 0.992. The summed E-state index contributed by atoms with van der Waals surface area (Å²) in [6, 6.07) is 5.56. The molecule has 3 aliphatic rings. The van der Waals surface area contributed by atoms with Gasteiger partial charge in [-0.3, -0.25) is 4.79 Å². The van der Waals surface area contributed by atoms with Crippen molar-refractivity contribution in [3.05, 3.63) is 18.2 Å². The molecule has 3 aliphatic heterocycles. The van der Waals surface area contributed by atoms with Gasteiger partial charge >= 0.3 is 0 Å². The van der Waals surface area contributed by atoms with Crippen LogP contribution in [0.4, 0.5) is 0 Å². The molecule has 0 bridgehead atoms. The lowest BCUT2D eigenvalue weighted by molar-refractivity contribution is -0.127. The number of carbonyl (C=O) groups excluding carboxylic acids is 1. The fourth-order valence-corrected chi connectivity index (χ4v) is 6.18. The maximum atomic E-state index is 13.2. The zero-order valence-corrected chi connectivity index (χ0v) is 19.9. The molecule has 32 heavy (non-hydrogen) atoms. The molecule has 1 aromatic rings. The highest BCUT2D eigenvalue weighted by Gasteiger charge is 2.33. The number of nitrogens with zero attached hydrogens (tertiary/aromatic N) is 2. The van der Waals surface area contributed by atoms with Gasteiger partial charge in [0.05, 0.1) is 18.1 Å². The first kappa shape index (κ1) is 23.3. The van der Waals surface area contributed by atoms with Crippen LogP contribution in [-0.4, -0.2) is 75.0 Å². The summed E-state index contributed by atoms with van der Waals surface area (Å²) in [4.78, 5) is 15.4. The van der Waals surface area contributed by atoms with Crippen LogP contribution in [0, 0.1) is 5.92 Å². The lowest BCUT2D eigenvalue weighted by atomic mass is 9.95. The molecule has 1 amide bonds. The summed E-state index contributed by atoms with van der Waals surface area (Å²) in [6.07, 6.45) is 3.80. The summed E-state index contributed by atoms with van der Waals surface area (Å²) in [7, 11) is -3.64. The largest absolute Gasteiger partial charge is 0.490 e. The van der Waals surface area contributed by atoms with Crippen LogP contribution in [0.3, 0.4) is 0 Å². The van der Waals surface area contributed by atoms with Crippen molar-refractivity contribution in [2.24, 2.45) is 5.92 Å². The van der Waals surface area contributed by atoms with E-state index >= 15 is 0 Å². The second-order valence-corrected chi connectivity index (χ2v) is 11.2. The minimum absolute atomic E-state index is 0.0700. The quantitative estimate of drug-likeness (QED) is 0.718. The normalized spacial score (nSPS) is 22.0. The van der Waals surface area contributed by atoms with Crippen LogP contribution in [0.25, 0.3) is 0 Å². The van der Waals surface area contributed by atoms with Gasteiger partial charge in [0, 0.05) is 56.7 Å². The minimum Gasteiger partial charge on any atom is -0.490 e. The van der Waals surface area contributed by atoms with Crippen molar-refractivity contribution >= 4 is 15.9 Å². The van der Waals surface area contributed by atoms with Gasteiger partial charge in [-0.1, -0.05) is 0 Å². The first-order valence-electron chi connectivity index (χ1n) is 11.8. The van der Waals surface area contributed by atoms with E-state index in [1.807, 2.05) is 0 Å². The molecule has 0 spiro atoms. The van der Waals surface area contributed by atoms with E-state index in [-0.39, 0.29) is 22.8 Å². The highest BCUT2D eigenvalue weighted by atomic mass is 32.2. The van der Waals surface area contributed by atoms with Crippen molar-refractivity contribution in [2.75, 3.05) is 39.4 Å². The van der Waals surface area contributed by atoms with E-state index < -0.39 is 10.0 Å². The number of likely N-dealkylation sites (tertiary alicyclic amines) is 1. The van der Waals surface area contributed by atoms with Crippen LogP contribution in [0.2, 0.25) is 0 Å². The van der Waals surface area contributed by atoms with Gasteiger partial charge in [0.1, 0.15) is 0 Å².